The first-order valence-electron chi connectivity index (χ1n) is 7.06. The van der Waals surface area contributed by atoms with Gasteiger partial charge >= 0.3 is 0 Å². The smallest absolute Gasteiger partial charge is 0.241 e. The summed E-state index contributed by atoms with van der Waals surface area (Å²) in [6, 6.07) is 6.60. The zero-order chi connectivity index (χ0) is 15.2. The van der Waals surface area contributed by atoms with Gasteiger partial charge in [0.1, 0.15) is 0 Å². The van der Waals surface area contributed by atoms with Crippen LogP contribution in [-0.4, -0.2) is 29.9 Å². The summed E-state index contributed by atoms with van der Waals surface area (Å²) in [5, 5.41) is 5.64. The zero-order valence-electron chi connectivity index (χ0n) is 12.5. The first-order chi connectivity index (χ1) is 10.1. The summed E-state index contributed by atoms with van der Waals surface area (Å²) in [5.74, 6) is 0.935. The number of benzene rings is 1. The molecule has 0 unspecified atom stereocenters. The van der Waals surface area contributed by atoms with E-state index in [-0.39, 0.29) is 30.1 Å². The summed E-state index contributed by atoms with van der Waals surface area (Å²) in [4.78, 5) is 23.5. The monoisotopic (exact) mass is 343 g/mol. The number of amides is 2. The molecule has 7 heteroatoms. The lowest BCUT2D eigenvalue weighted by Crippen LogP contribution is -2.36. The van der Waals surface area contributed by atoms with Crippen molar-refractivity contribution >= 4 is 47.4 Å². The lowest BCUT2D eigenvalue weighted by Gasteiger charge is -2.12. The van der Waals surface area contributed by atoms with Crippen LogP contribution in [0.4, 0.5) is 11.4 Å². The first kappa shape index (κ1) is 18.8. The fraction of sp³-hybridized carbons (Fsp3) is 0.467. The third-order valence-electron chi connectivity index (χ3n) is 3.34. The molecule has 5 nitrogen and oxygen atoms in total. The normalized spacial score (nSPS) is 14.6. The second-order valence-electron chi connectivity index (χ2n) is 5.22. The lowest BCUT2D eigenvalue weighted by atomic mass is 10.2. The molecule has 1 saturated carbocycles. The van der Waals surface area contributed by atoms with Crippen molar-refractivity contribution in [2.75, 3.05) is 22.6 Å². The molecular weight excluding hydrogens is 322 g/mol. The Balaban J connectivity index is 0.00000242. The highest BCUT2D eigenvalue weighted by atomic mass is 35.5. The van der Waals surface area contributed by atoms with Gasteiger partial charge in [0, 0.05) is 17.3 Å². The Hall–Kier alpha value is -1.24. The highest BCUT2D eigenvalue weighted by molar-refractivity contribution is 7.98. The fourth-order valence-corrected chi connectivity index (χ4v) is 2.33. The molecule has 1 aliphatic carbocycles. The highest BCUT2D eigenvalue weighted by Crippen LogP contribution is 2.30. The Morgan fingerprint density at radius 3 is 2.27 bits per heavy atom. The molecule has 122 valence electrons. The van der Waals surface area contributed by atoms with E-state index in [0.717, 1.165) is 24.3 Å². The SMILES string of the molecule is CSCC[C@H](N)C(=O)Nc1ccc(NC(=O)C2CC2)cc1.Cl. The third kappa shape index (κ3) is 5.87. The van der Waals surface area contributed by atoms with Gasteiger partial charge in [-0.15, -0.1) is 12.4 Å². The van der Waals surface area contributed by atoms with Gasteiger partial charge in [0.15, 0.2) is 0 Å². The van der Waals surface area contributed by atoms with Crippen LogP contribution in [0.1, 0.15) is 19.3 Å². The van der Waals surface area contributed by atoms with E-state index in [1.54, 1.807) is 36.0 Å². The Morgan fingerprint density at radius 1 is 1.23 bits per heavy atom. The number of nitrogens with one attached hydrogen (secondary N) is 2. The Morgan fingerprint density at radius 2 is 1.77 bits per heavy atom. The Kier molecular flexibility index (Phi) is 7.72. The number of anilines is 2. The molecule has 2 rings (SSSR count). The molecule has 1 atom stereocenters. The number of thioether (sulfide) groups is 1. The minimum absolute atomic E-state index is 0. The van der Waals surface area contributed by atoms with Gasteiger partial charge in [-0.1, -0.05) is 0 Å². The molecule has 0 heterocycles. The van der Waals surface area contributed by atoms with Gasteiger partial charge in [-0.05, 0) is 55.5 Å². The third-order valence-corrected chi connectivity index (χ3v) is 3.98. The van der Waals surface area contributed by atoms with Crippen molar-refractivity contribution in [3.63, 3.8) is 0 Å². The maximum absolute atomic E-state index is 11.9. The van der Waals surface area contributed by atoms with Crippen LogP contribution in [0.25, 0.3) is 0 Å². The van der Waals surface area contributed by atoms with Gasteiger partial charge in [0.2, 0.25) is 11.8 Å². The number of hydrogen-bond acceptors (Lipinski definition) is 4. The average Bonchev–Trinajstić information content (AvgIpc) is 3.31. The molecule has 1 aliphatic rings. The topological polar surface area (TPSA) is 84.2 Å². The number of halogens is 1. The second-order valence-corrected chi connectivity index (χ2v) is 6.20. The minimum Gasteiger partial charge on any atom is -0.326 e. The average molecular weight is 344 g/mol. The van der Waals surface area contributed by atoms with Crippen molar-refractivity contribution in [2.45, 2.75) is 25.3 Å². The van der Waals surface area contributed by atoms with Crippen LogP contribution in [-0.2, 0) is 9.59 Å². The van der Waals surface area contributed by atoms with Crippen LogP contribution < -0.4 is 16.4 Å². The van der Waals surface area contributed by atoms with E-state index in [2.05, 4.69) is 10.6 Å². The van der Waals surface area contributed by atoms with Gasteiger partial charge in [-0.25, -0.2) is 0 Å². The number of hydrogen-bond donors (Lipinski definition) is 3. The summed E-state index contributed by atoms with van der Waals surface area (Å²) in [5.41, 5.74) is 7.24. The van der Waals surface area contributed by atoms with Crippen molar-refractivity contribution in [2.24, 2.45) is 11.7 Å². The number of carbonyl (C=O) groups excluding carboxylic acids is 2. The number of nitrogens with two attached hydrogens (primary N) is 1. The molecule has 0 spiro atoms. The van der Waals surface area contributed by atoms with Gasteiger partial charge in [0.05, 0.1) is 6.04 Å². The van der Waals surface area contributed by atoms with Crippen molar-refractivity contribution < 1.29 is 9.59 Å². The molecule has 0 bridgehead atoms. The summed E-state index contributed by atoms with van der Waals surface area (Å²) >= 11 is 1.67. The molecule has 22 heavy (non-hydrogen) atoms. The Bertz CT molecular complexity index is 506. The summed E-state index contributed by atoms with van der Waals surface area (Å²) in [7, 11) is 0. The van der Waals surface area contributed by atoms with Crippen LogP contribution in [0.15, 0.2) is 24.3 Å². The zero-order valence-corrected chi connectivity index (χ0v) is 14.1. The predicted octanol–water partition coefficient (Wildman–Crippen LogP) is 2.48. The largest absolute Gasteiger partial charge is 0.326 e. The van der Waals surface area contributed by atoms with E-state index in [1.165, 1.54) is 0 Å². The van der Waals surface area contributed by atoms with E-state index >= 15 is 0 Å². The van der Waals surface area contributed by atoms with Crippen LogP contribution in [0.3, 0.4) is 0 Å². The molecule has 0 aliphatic heterocycles. The molecular formula is C15H22ClN3O2S. The van der Waals surface area contributed by atoms with Gasteiger partial charge in [-0.2, -0.15) is 11.8 Å². The molecule has 0 radical (unpaired) electrons. The summed E-state index contributed by atoms with van der Waals surface area (Å²) in [6.45, 7) is 0. The number of rotatable bonds is 7. The van der Waals surface area contributed by atoms with Gasteiger partial charge in [-0.3, -0.25) is 9.59 Å². The maximum Gasteiger partial charge on any atom is 0.241 e. The molecule has 0 saturated heterocycles. The van der Waals surface area contributed by atoms with E-state index in [4.69, 9.17) is 5.73 Å². The van der Waals surface area contributed by atoms with E-state index in [1.807, 2.05) is 6.26 Å². The quantitative estimate of drug-likeness (QED) is 0.710. The van der Waals surface area contributed by atoms with Crippen LogP contribution in [0.2, 0.25) is 0 Å². The van der Waals surface area contributed by atoms with Crippen LogP contribution >= 0.6 is 24.2 Å². The number of carbonyl (C=O) groups is 2. The van der Waals surface area contributed by atoms with Gasteiger partial charge in [0.25, 0.3) is 0 Å². The molecule has 1 fully saturated rings. The summed E-state index contributed by atoms with van der Waals surface area (Å²) < 4.78 is 0. The molecule has 0 aromatic heterocycles. The molecule has 1 aromatic rings. The second kappa shape index (κ2) is 9.02. The van der Waals surface area contributed by atoms with Gasteiger partial charge < -0.3 is 16.4 Å². The maximum atomic E-state index is 11.9. The first-order valence-corrected chi connectivity index (χ1v) is 8.46. The van der Waals surface area contributed by atoms with Crippen molar-refractivity contribution in [3.05, 3.63) is 24.3 Å². The van der Waals surface area contributed by atoms with Crippen molar-refractivity contribution in [1.29, 1.82) is 0 Å². The van der Waals surface area contributed by atoms with Crippen molar-refractivity contribution in [3.8, 4) is 0 Å². The van der Waals surface area contributed by atoms with Crippen LogP contribution in [0, 0.1) is 5.92 Å². The van der Waals surface area contributed by atoms with E-state index in [0.29, 0.717) is 12.1 Å². The fourth-order valence-electron chi connectivity index (χ4n) is 1.84. The molecule has 1 aromatic carbocycles. The predicted molar refractivity (Wildman–Crippen MR) is 94.6 cm³/mol. The van der Waals surface area contributed by atoms with E-state index < -0.39 is 6.04 Å². The highest BCUT2D eigenvalue weighted by Gasteiger charge is 2.29. The van der Waals surface area contributed by atoms with Crippen LogP contribution in [0.5, 0.6) is 0 Å². The molecule has 2 amide bonds. The standard InChI is InChI=1S/C15H21N3O2S.ClH/c1-21-9-8-13(16)15(20)18-12-6-4-11(5-7-12)17-14(19)10-2-3-10;/h4-7,10,13H,2-3,8-9,16H2,1H3,(H,17,19)(H,18,20);1H/t13-;/m0./s1. The summed E-state index contributed by atoms with van der Waals surface area (Å²) in [6.07, 6.45) is 4.60. The minimum atomic E-state index is -0.494. The van der Waals surface area contributed by atoms with E-state index in [9.17, 15) is 9.59 Å². The Labute approximate surface area is 141 Å². The van der Waals surface area contributed by atoms with Crippen molar-refractivity contribution in [1.82, 2.24) is 0 Å². The lowest BCUT2D eigenvalue weighted by molar-refractivity contribution is -0.118. The molecule has 4 N–H and O–H groups in total.